The average Bonchev–Trinajstić information content (AvgIpc) is 3.37. The van der Waals surface area contributed by atoms with E-state index < -0.39 is 17.5 Å². The molecule has 5 rings (SSSR count). The fourth-order valence-corrected chi connectivity index (χ4v) is 5.41. The van der Waals surface area contributed by atoms with Crippen LogP contribution in [0.4, 0.5) is 25.3 Å². The fourth-order valence-electron chi connectivity index (χ4n) is 4.53. The summed E-state index contributed by atoms with van der Waals surface area (Å²) in [6, 6.07) is 3.53. The maximum atomic E-state index is 14.2. The average molecular weight is 490 g/mol. The van der Waals surface area contributed by atoms with Crippen LogP contribution in [0.15, 0.2) is 24.4 Å². The SMILES string of the molecule is Cn1ncc(NC(=O)c2nc(-c3c(F)cccc3F)sc2N)c1N1CCC2(CC1)CNCCO2. The van der Waals surface area contributed by atoms with E-state index in [0.717, 1.165) is 68.3 Å². The second kappa shape index (κ2) is 8.93. The van der Waals surface area contributed by atoms with Gasteiger partial charge in [0.2, 0.25) is 0 Å². The topological polar surface area (TPSA) is 110 Å². The number of nitrogen functional groups attached to an aromatic ring is 1. The first-order valence-corrected chi connectivity index (χ1v) is 11.8. The molecule has 0 radical (unpaired) electrons. The van der Waals surface area contributed by atoms with Crippen LogP contribution < -0.4 is 21.3 Å². The summed E-state index contributed by atoms with van der Waals surface area (Å²) in [5, 5.41) is 10.6. The monoisotopic (exact) mass is 489 g/mol. The van der Waals surface area contributed by atoms with Crippen molar-refractivity contribution in [2.45, 2.75) is 18.4 Å². The van der Waals surface area contributed by atoms with Gasteiger partial charge in [-0.1, -0.05) is 17.4 Å². The highest BCUT2D eigenvalue weighted by Crippen LogP contribution is 2.36. The number of anilines is 3. The number of nitrogens with two attached hydrogens (primary N) is 1. The van der Waals surface area contributed by atoms with E-state index in [4.69, 9.17) is 10.5 Å². The van der Waals surface area contributed by atoms with Gasteiger partial charge in [0, 0.05) is 33.2 Å². The largest absolute Gasteiger partial charge is 0.389 e. The quantitative estimate of drug-likeness (QED) is 0.517. The van der Waals surface area contributed by atoms with Gasteiger partial charge in [0.15, 0.2) is 11.5 Å². The van der Waals surface area contributed by atoms with Crippen LogP contribution in [0.3, 0.4) is 0 Å². The summed E-state index contributed by atoms with van der Waals surface area (Å²) in [6.45, 7) is 3.92. The number of carbonyl (C=O) groups is 1. The zero-order valence-electron chi connectivity index (χ0n) is 18.6. The number of ether oxygens (including phenoxy) is 1. The fraction of sp³-hybridized carbons (Fsp3) is 0.409. The molecule has 0 saturated carbocycles. The van der Waals surface area contributed by atoms with E-state index in [9.17, 15) is 13.6 Å². The summed E-state index contributed by atoms with van der Waals surface area (Å²) in [4.78, 5) is 19.3. The highest BCUT2D eigenvalue weighted by molar-refractivity contribution is 7.19. The number of piperidine rings is 1. The van der Waals surface area contributed by atoms with Crippen LogP contribution in [-0.4, -0.2) is 59.1 Å². The van der Waals surface area contributed by atoms with Gasteiger partial charge in [-0.05, 0) is 25.0 Å². The first-order chi connectivity index (χ1) is 16.4. The number of morpholine rings is 1. The molecule has 34 heavy (non-hydrogen) atoms. The van der Waals surface area contributed by atoms with Crippen LogP contribution in [0.1, 0.15) is 23.3 Å². The maximum Gasteiger partial charge on any atom is 0.277 e. The molecule has 2 aromatic heterocycles. The molecule has 2 fully saturated rings. The second-order valence-electron chi connectivity index (χ2n) is 8.48. The molecule has 0 unspecified atom stereocenters. The molecule has 4 N–H and O–H groups in total. The Morgan fingerprint density at radius 1 is 1.29 bits per heavy atom. The molecule has 2 saturated heterocycles. The Hall–Kier alpha value is -3.09. The molecule has 3 aromatic rings. The standard InChI is InChI=1S/C22H25F2N7O2S/c1-30-21(31-8-5-22(6-9-31)12-26-7-10-33-22)15(11-27-30)28-19(32)17-18(25)34-20(29-17)16-13(23)3-2-4-14(16)24/h2-4,11,26H,5-10,12,25H2,1H3,(H,28,32). The van der Waals surface area contributed by atoms with Crippen molar-refractivity contribution >= 4 is 33.8 Å². The molecule has 1 aromatic carbocycles. The first-order valence-electron chi connectivity index (χ1n) is 11.0. The summed E-state index contributed by atoms with van der Waals surface area (Å²) >= 11 is 0.859. The van der Waals surface area contributed by atoms with Gasteiger partial charge in [0.05, 0.1) is 24.0 Å². The third-order valence-electron chi connectivity index (χ3n) is 6.31. The van der Waals surface area contributed by atoms with Gasteiger partial charge in [-0.15, -0.1) is 0 Å². The predicted octanol–water partition coefficient (Wildman–Crippen LogP) is 2.62. The third-order valence-corrected chi connectivity index (χ3v) is 7.21. The van der Waals surface area contributed by atoms with E-state index in [2.05, 4.69) is 25.6 Å². The molecular formula is C22H25F2N7O2S. The smallest absolute Gasteiger partial charge is 0.277 e. The van der Waals surface area contributed by atoms with Gasteiger partial charge in [0.25, 0.3) is 5.91 Å². The van der Waals surface area contributed by atoms with E-state index >= 15 is 0 Å². The van der Waals surface area contributed by atoms with E-state index in [1.165, 1.54) is 6.07 Å². The Kier molecular flexibility index (Phi) is 5.96. The third kappa shape index (κ3) is 4.12. The zero-order chi connectivity index (χ0) is 23.9. The molecule has 0 bridgehead atoms. The van der Waals surface area contributed by atoms with Gasteiger partial charge in [-0.25, -0.2) is 13.8 Å². The Labute approximate surface area is 198 Å². The number of rotatable bonds is 4. The molecule has 0 atom stereocenters. The van der Waals surface area contributed by atoms with Crippen molar-refractivity contribution < 1.29 is 18.3 Å². The Morgan fingerprint density at radius 2 is 2.03 bits per heavy atom. The molecule has 2 aliphatic rings. The van der Waals surface area contributed by atoms with Gasteiger partial charge in [0.1, 0.15) is 27.3 Å². The summed E-state index contributed by atoms with van der Waals surface area (Å²) in [6.07, 6.45) is 3.28. The number of nitrogens with zero attached hydrogens (tertiary/aromatic N) is 4. The molecule has 12 heteroatoms. The number of hydrogen-bond donors (Lipinski definition) is 3. The molecule has 0 aliphatic carbocycles. The number of halogens is 2. The number of amides is 1. The van der Waals surface area contributed by atoms with Crippen LogP contribution in [0.2, 0.25) is 0 Å². The van der Waals surface area contributed by atoms with Crippen molar-refractivity contribution in [1.82, 2.24) is 20.1 Å². The second-order valence-corrected chi connectivity index (χ2v) is 9.51. The highest BCUT2D eigenvalue weighted by atomic mass is 32.1. The number of nitrogens with one attached hydrogen (secondary N) is 2. The van der Waals surface area contributed by atoms with Crippen LogP contribution in [0, 0.1) is 11.6 Å². The molecule has 1 spiro atoms. The van der Waals surface area contributed by atoms with Crippen molar-refractivity contribution in [3.8, 4) is 10.6 Å². The lowest BCUT2D eigenvalue weighted by atomic mass is 9.90. The van der Waals surface area contributed by atoms with Crippen molar-refractivity contribution in [3.05, 3.63) is 41.7 Å². The van der Waals surface area contributed by atoms with Crippen LogP contribution in [0.5, 0.6) is 0 Å². The predicted molar refractivity (Wildman–Crippen MR) is 126 cm³/mol. The number of aromatic nitrogens is 3. The summed E-state index contributed by atoms with van der Waals surface area (Å²) in [5.41, 5.74) is 5.97. The zero-order valence-corrected chi connectivity index (χ0v) is 19.4. The lowest BCUT2D eigenvalue weighted by Gasteiger charge is -2.44. The van der Waals surface area contributed by atoms with E-state index in [-0.39, 0.29) is 26.9 Å². The number of carbonyl (C=O) groups excluding carboxylic acids is 1. The van der Waals surface area contributed by atoms with Crippen molar-refractivity contribution in [1.29, 1.82) is 0 Å². The molecule has 180 valence electrons. The number of benzene rings is 1. The van der Waals surface area contributed by atoms with E-state index in [1.807, 2.05) is 7.05 Å². The normalized spacial score (nSPS) is 17.8. The van der Waals surface area contributed by atoms with E-state index in [1.54, 1.807) is 10.9 Å². The minimum absolute atomic E-state index is 0.00656. The Morgan fingerprint density at radius 3 is 2.71 bits per heavy atom. The number of hydrogen-bond acceptors (Lipinski definition) is 8. The van der Waals surface area contributed by atoms with Crippen molar-refractivity contribution in [2.75, 3.05) is 48.7 Å². The maximum absolute atomic E-state index is 14.2. The van der Waals surface area contributed by atoms with Crippen LogP contribution >= 0.6 is 11.3 Å². The number of aryl methyl sites for hydroxylation is 1. The summed E-state index contributed by atoms with van der Waals surface area (Å²) in [5.74, 6) is -1.34. The van der Waals surface area contributed by atoms with Crippen LogP contribution in [-0.2, 0) is 11.8 Å². The minimum Gasteiger partial charge on any atom is -0.389 e. The number of thiazole rings is 1. The Bertz CT molecular complexity index is 1190. The molecule has 9 nitrogen and oxygen atoms in total. The van der Waals surface area contributed by atoms with Gasteiger partial charge >= 0.3 is 0 Å². The molecule has 2 aliphatic heterocycles. The summed E-state index contributed by atoms with van der Waals surface area (Å²) < 4.78 is 36.1. The summed E-state index contributed by atoms with van der Waals surface area (Å²) in [7, 11) is 1.81. The van der Waals surface area contributed by atoms with Crippen molar-refractivity contribution in [3.63, 3.8) is 0 Å². The first kappa shape index (κ1) is 22.7. The van der Waals surface area contributed by atoms with Gasteiger partial charge in [-0.2, -0.15) is 5.10 Å². The molecule has 4 heterocycles. The van der Waals surface area contributed by atoms with E-state index in [0.29, 0.717) is 12.3 Å². The lowest BCUT2D eigenvalue weighted by molar-refractivity contribution is -0.0800. The minimum atomic E-state index is -0.768. The highest BCUT2D eigenvalue weighted by Gasteiger charge is 2.38. The molecular weight excluding hydrogens is 464 g/mol. The lowest BCUT2D eigenvalue weighted by Crippen LogP contribution is -2.55. The Balaban J connectivity index is 1.34. The van der Waals surface area contributed by atoms with Gasteiger partial charge in [-0.3, -0.25) is 9.48 Å². The van der Waals surface area contributed by atoms with Gasteiger partial charge < -0.3 is 26.0 Å². The van der Waals surface area contributed by atoms with Crippen LogP contribution in [0.25, 0.3) is 10.6 Å². The molecule has 1 amide bonds. The van der Waals surface area contributed by atoms with Crippen molar-refractivity contribution in [2.24, 2.45) is 7.05 Å².